The highest BCUT2D eigenvalue weighted by atomic mass is 35.5. The minimum Gasteiger partial charge on any atom is -0.384 e. The molecule has 0 unspecified atom stereocenters. The normalized spacial score (nSPS) is 10.4. The molecule has 1 aromatic carbocycles. The fourth-order valence-corrected chi connectivity index (χ4v) is 1.58. The second-order valence-corrected chi connectivity index (χ2v) is 3.89. The second-order valence-electron chi connectivity index (χ2n) is 3.06. The van der Waals surface area contributed by atoms with E-state index in [1.165, 1.54) is 18.2 Å². The average molecular weight is 258 g/mol. The summed E-state index contributed by atoms with van der Waals surface area (Å²) in [6.07, 6.45) is 0. The van der Waals surface area contributed by atoms with Gasteiger partial charge in [-0.3, -0.25) is 0 Å². The third kappa shape index (κ3) is 2.23. The Morgan fingerprint density at radius 1 is 1.12 bits per heavy atom. The summed E-state index contributed by atoms with van der Waals surface area (Å²) < 4.78 is 13.6. The smallest absolute Gasteiger partial charge is 0.166 e. The largest absolute Gasteiger partial charge is 0.384 e. The summed E-state index contributed by atoms with van der Waals surface area (Å²) in [6.45, 7) is 0. The van der Waals surface area contributed by atoms with Crippen LogP contribution in [0.5, 0.6) is 0 Å². The highest BCUT2D eigenvalue weighted by Gasteiger charge is 2.10. The molecule has 0 aliphatic rings. The zero-order valence-electron chi connectivity index (χ0n) is 7.92. The SMILES string of the molecule is Nc1cc(Cl)nc(-c2ccc(Cl)cc2F)n1. The topological polar surface area (TPSA) is 51.8 Å². The van der Waals surface area contributed by atoms with Crippen molar-refractivity contribution in [2.75, 3.05) is 5.73 Å². The Bertz CT molecular complexity index is 525. The van der Waals surface area contributed by atoms with Gasteiger partial charge < -0.3 is 5.73 Å². The van der Waals surface area contributed by atoms with Gasteiger partial charge >= 0.3 is 0 Å². The van der Waals surface area contributed by atoms with Gasteiger partial charge in [-0.05, 0) is 18.2 Å². The van der Waals surface area contributed by atoms with Crippen molar-refractivity contribution in [3.63, 3.8) is 0 Å². The molecule has 2 N–H and O–H groups in total. The van der Waals surface area contributed by atoms with Gasteiger partial charge in [0.1, 0.15) is 16.8 Å². The highest BCUT2D eigenvalue weighted by molar-refractivity contribution is 6.30. The van der Waals surface area contributed by atoms with Crippen LogP contribution >= 0.6 is 23.2 Å². The number of hydrogen-bond acceptors (Lipinski definition) is 3. The molecule has 0 aliphatic heterocycles. The molecule has 0 amide bonds. The molecule has 6 heteroatoms. The van der Waals surface area contributed by atoms with Crippen molar-refractivity contribution in [3.05, 3.63) is 40.3 Å². The minimum absolute atomic E-state index is 0.138. The molecule has 0 aliphatic carbocycles. The molecule has 2 rings (SSSR count). The molecule has 0 spiro atoms. The lowest BCUT2D eigenvalue weighted by Crippen LogP contribution is -1.97. The number of rotatable bonds is 1. The van der Waals surface area contributed by atoms with Crippen LogP contribution < -0.4 is 5.73 Å². The van der Waals surface area contributed by atoms with E-state index in [0.717, 1.165) is 0 Å². The summed E-state index contributed by atoms with van der Waals surface area (Å²) in [5.74, 6) is -0.197. The van der Waals surface area contributed by atoms with E-state index in [2.05, 4.69) is 9.97 Å². The van der Waals surface area contributed by atoms with Gasteiger partial charge in [0.2, 0.25) is 0 Å². The van der Waals surface area contributed by atoms with Crippen molar-refractivity contribution < 1.29 is 4.39 Å². The molecule has 0 saturated carbocycles. The van der Waals surface area contributed by atoms with Crippen molar-refractivity contribution in [2.45, 2.75) is 0 Å². The molecule has 82 valence electrons. The lowest BCUT2D eigenvalue weighted by atomic mass is 10.2. The molecule has 2 aromatic rings. The van der Waals surface area contributed by atoms with E-state index in [9.17, 15) is 4.39 Å². The first-order valence-electron chi connectivity index (χ1n) is 4.32. The average Bonchev–Trinajstić information content (AvgIpc) is 2.15. The minimum atomic E-state index is -0.519. The highest BCUT2D eigenvalue weighted by Crippen LogP contribution is 2.24. The molecule has 0 fully saturated rings. The van der Waals surface area contributed by atoms with Crippen LogP contribution in [0.4, 0.5) is 10.2 Å². The van der Waals surface area contributed by atoms with Crippen molar-refractivity contribution >= 4 is 29.0 Å². The van der Waals surface area contributed by atoms with Crippen LogP contribution in [0.1, 0.15) is 0 Å². The first-order valence-corrected chi connectivity index (χ1v) is 5.07. The molecule has 0 atom stereocenters. The fourth-order valence-electron chi connectivity index (χ4n) is 1.23. The molecule has 1 heterocycles. The zero-order valence-corrected chi connectivity index (χ0v) is 9.43. The van der Waals surface area contributed by atoms with Crippen molar-refractivity contribution in [1.29, 1.82) is 0 Å². The zero-order chi connectivity index (χ0) is 11.7. The van der Waals surface area contributed by atoms with E-state index < -0.39 is 5.82 Å². The van der Waals surface area contributed by atoms with Crippen LogP contribution in [-0.4, -0.2) is 9.97 Å². The van der Waals surface area contributed by atoms with Gasteiger partial charge in [-0.2, -0.15) is 0 Å². The first-order chi connectivity index (χ1) is 7.56. The first kappa shape index (κ1) is 11.1. The van der Waals surface area contributed by atoms with Gasteiger partial charge in [-0.15, -0.1) is 0 Å². The maximum atomic E-state index is 13.6. The molecule has 1 aromatic heterocycles. The van der Waals surface area contributed by atoms with Gasteiger partial charge in [0, 0.05) is 11.1 Å². The van der Waals surface area contributed by atoms with E-state index in [4.69, 9.17) is 28.9 Å². The summed E-state index contributed by atoms with van der Waals surface area (Å²) in [5.41, 5.74) is 5.70. The summed E-state index contributed by atoms with van der Waals surface area (Å²) in [4.78, 5) is 7.78. The number of anilines is 1. The van der Waals surface area contributed by atoms with Crippen molar-refractivity contribution in [2.24, 2.45) is 0 Å². The van der Waals surface area contributed by atoms with Gasteiger partial charge in [-0.25, -0.2) is 14.4 Å². The van der Waals surface area contributed by atoms with E-state index >= 15 is 0 Å². The van der Waals surface area contributed by atoms with Crippen LogP contribution in [0.15, 0.2) is 24.3 Å². The number of nitrogens with two attached hydrogens (primary N) is 1. The molecule has 0 saturated heterocycles. The Morgan fingerprint density at radius 2 is 1.88 bits per heavy atom. The molecule has 3 nitrogen and oxygen atoms in total. The van der Waals surface area contributed by atoms with Gasteiger partial charge in [0.25, 0.3) is 0 Å². The number of aromatic nitrogens is 2. The number of hydrogen-bond donors (Lipinski definition) is 1. The maximum Gasteiger partial charge on any atom is 0.166 e. The van der Waals surface area contributed by atoms with E-state index in [-0.39, 0.29) is 22.4 Å². The lowest BCUT2D eigenvalue weighted by Gasteiger charge is -2.03. The van der Waals surface area contributed by atoms with E-state index in [1.807, 2.05) is 0 Å². The maximum absolute atomic E-state index is 13.6. The van der Waals surface area contributed by atoms with Crippen LogP contribution in [0, 0.1) is 5.82 Å². The Kier molecular flexibility index (Phi) is 2.94. The Balaban J connectivity index is 2.58. The standard InChI is InChI=1S/C10H6Cl2FN3/c11-5-1-2-6(7(13)3-5)10-15-8(12)4-9(14)16-10/h1-4H,(H2,14,15,16). The summed E-state index contributed by atoms with van der Waals surface area (Å²) in [7, 11) is 0. The Morgan fingerprint density at radius 3 is 2.50 bits per heavy atom. The monoisotopic (exact) mass is 257 g/mol. The third-order valence-electron chi connectivity index (χ3n) is 1.89. The summed E-state index contributed by atoms with van der Waals surface area (Å²) >= 11 is 11.3. The van der Waals surface area contributed by atoms with Crippen molar-refractivity contribution in [3.8, 4) is 11.4 Å². The lowest BCUT2D eigenvalue weighted by molar-refractivity contribution is 0.630. The van der Waals surface area contributed by atoms with Crippen LogP contribution in [0.2, 0.25) is 10.2 Å². The second kappa shape index (κ2) is 4.23. The molecular formula is C10H6Cl2FN3. The van der Waals surface area contributed by atoms with E-state index in [0.29, 0.717) is 5.02 Å². The van der Waals surface area contributed by atoms with Crippen LogP contribution in [-0.2, 0) is 0 Å². The van der Waals surface area contributed by atoms with Gasteiger partial charge in [0.15, 0.2) is 5.82 Å². The van der Waals surface area contributed by atoms with Gasteiger partial charge in [-0.1, -0.05) is 23.2 Å². The Hall–Kier alpha value is -1.39. The molecule has 0 radical (unpaired) electrons. The predicted molar refractivity (Wildman–Crippen MR) is 61.9 cm³/mol. The van der Waals surface area contributed by atoms with Crippen LogP contribution in [0.25, 0.3) is 11.4 Å². The number of benzene rings is 1. The number of nitrogen functional groups attached to an aromatic ring is 1. The number of nitrogens with zero attached hydrogens (tertiary/aromatic N) is 2. The summed E-state index contributed by atoms with van der Waals surface area (Å²) in [6, 6.07) is 5.58. The molecule has 16 heavy (non-hydrogen) atoms. The Labute approximate surface area is 101 Å². The fraction of sp³-hybridized carbons (Fsp3) is 0. The third-order valence-corrected chi connectivity index (χ3v) is 2.32. The predicted octanol–water partition coefficient (Wildman–Crippen LogP) is 3.17. The summed E-state index contributed by atoms with van der Waals surface area (Å²) in [5, 5.41) is 0.466. The van der Waals surface area contributed by atoms with E-state index in [1.54, 1.807) is 6.07 Å². The van der Waals surface area contributed by atoms with Crippen molar-refractivity contribution in [1.82, 2.24) is 9.97 Å². The number of halogens is 3. The molecule has 0 bridgehead atoms. The van der Waals surface area contributed by atoms with Gasteiger partial charge in [0.05, 0.1) is 5.56 Å². The molecular weight excluding hydrogens is 252 g/mol. The van der Waals surface area contributed by atoms with Crippen LogP contribution in [0.3, 0.4) is 0 Å². The quantitative estimate of drug-likeness (QED) is 0.799.